The van der Waals surface area contributed by atoms with Crippen LogP contribution in [-0.2, 0) is 4.74 Å². The number of amides is 2. The Balaban J connectivity index is 1.80. The molecule has 2 rings (SSSR count). The number of nitrogens with one attached hydrogen (secondary N) is 1. The summed E-state index contributed by atoms with van der Waals surface area (Å²) in [6, 6.07) is 12.5. The van der Waals surface area contributed by atoms with Crippen LogP contribution in [0.2, 0.25) is 5.02 Å². The minimum Gasteiger partial charge on any atom is -0.490 e. The van der Waals surface area contributed by atoms with Gasteiger partial charge in [-0.05, 0) is 42.5 Å². The summed E-state index contributed by atoms with van der Waals surface area (Å²) in [7, 11) is 0. The average molecular weight is 335 g/mol. The van der Waals surface area contributed by atoms with Crippen molar-refractivity contribution in [3.63, 3.8) is 0 Å². The third-order valence-electron chi connectivity index (χ3n) is 2.76. The van der Waals surface area contributed by atoms with Gasteiger partial charge in [-0.2, -0.15) is 0 Å². The minimum absolute atomic E-state index is 0.0922. The molecule has 0 aliphatic rings. The zero-order valence-electron chi connectivity index (χ0n) is 12.1. The first-order chi connectivity index (χ1) is 11.0. The minimum atomic E-state index is -0.702. The Labute approximate surface area is 138 Å². The molecule has 2 aromatic rings. The van der Waals surface area contributed by atoms with E-state index in [0.717, 1.165) is 0 Å². The highest BCUT2D eigenvalue weighted by Gasteiger charge is 2.08. The molecule has 0 atom stereocenters. The Morgan fingerprint density at radius 2 is 1.83 bits per heavy atom. The lowest BCUT2D eigenvalue weighted by Gasteiger charge is -2.08. The number of carbonyl (C=O) groups is 2. The van der Waals surface area contributed by atoms with Crippen LogP contribution in [0.25, 0.3) is 0 Å². The predicted octanol–water partition coefficient (Wildman–Crippen LogP) is 3.07. The van der Waals surface area contributed by atoms with E-state index in [1.807, 2.05) is 0 Å². The maximum atomic E-state index is 11.9. The largest absolute Gasteiger partial charge is 0.490 e. The standard InChI is InChI=1S/C16H15ClN2O4/c17-12-4-6-14(7-5-12)22-8-9-23-15(20)11-2-1-3-13(10-11)19-16(18)21/h1-7,10H,8-9H2,(H3,18,19,21). The third kappa shape index (κ3) is 5.52. The fourth-order valence-electron chi connectivity index (χ4n) is 1.77. The molecular formula is C16H15ClN2O4. The van der Waals surface area contributed by atoms with E-state index in [-0.39, 0.29) is 13.2 Å². The summed E-state index contributed by atoms with van der Waals surface area (Å²) in [5.41, 5.74) is 5.75. The fourth-order valence-corrected chi connectivity index (χ4v) is 1.90. The number of halogens is 1. The molecule has 0 radical (unpaired) electrons. The van der Waals surface area contributed by atoms with Gasteiger partial charge in [-0.15, -0.1) is 0 Å². The van der Waals surface area contributed by atoms with Gasteiger partial charge in [0.2, 0.25) is 0 Å². The quantitative estimate of drug-likeness (QED) is 0.627. The summed E-state index contributed by atoms with van der Waals surface area (Å²) in [6.45, 7) is 0.307. The summed E-state index contributed by atoms with van der Waals surface area (Å²) in [5.74, 6) is 0.121. The first-order valence-electron chi connectivity index (χ1n) is 6.76. The summed E-state index contributed by atoms with van der Waals surface area (Å²) < 4.78 is 10.5. The molecule has 0 bridgehead atoms. The molecule has 120 valence electrons. The van der Waals surface area contributed by atoms with Gasteiger partial charge in [0, 0.05) is 10.7 Å². The van der Waals surface area contributed by atoms with E-state index in [1.54, 1.807) is 42.5 Å². The van der Waals surface area contributed by atoms with Gasteiger partial charge >= 0.3 is 12.0 Å². The number of hydrogen-bond acceptors (Lipinski definition) is 4. The van der Waals surface area contributed by atoms with Crippen LogP contribution in [0, 0.1) is 0 Å². The van der Waals surface area contributed by atoms with Crippen molar-refractivity contribution in [2.24, 2.45) is 5.73 Å². The number of esters is 1. The second-order valence-corrected chi connectivity index (χ2v) is 4.94. The van der Waals surface area contributed by atoms with Crippen molar-refractivity contribution in [3.05, 3.63) is 59.1 Å². The van der Waals surface area contributed by atoms with Crippen molar-refractivity contribution < 1.29 is 19.1 Å². The predicted molar refractivity (Wildman–Crippen MR) is 86.9 cm³/mol. The lowest BCUT2D eigenvalue weighted by Crippen LogP contribution is -2.19. The Hall–Kier alpha value is -2.73. The number of nitrogens with two attached hydrogens (primary N) is 1. The lowest BCUT2D eigenvalue weighted by molar-refractivity contribution is 0.0450. The molecule has 6 nitrogen and oxygen atoms in total. The summed E-state index contributed by atoms with van der Waals surface area (Å²) in [4.78, 5) is 22.7. The van der Waals surface area contributed by atoms with Crippen molar-refractivity contribution in [1.82, 2.24) is 0 Å². The van der Waals surface area contributed by atoms with Crippen molar-refractivity contribution in [3.8, 4) is 5.75 Å². The van der Waals surface area contributed by atoms with Crippen LogP contribution in [0.4, 0.5) is 10.5 Å². The van der Waals surface area contributed by atoms with Gasteiger partial charge in [-0.1, -0.05) is 17.7 Å². The van der Waals surface area contributed by atoms with Crippen molar-refractivity contribution in [1.29, 1.82) is 0 Å². The van der Waals surface area contributed by atoms with E-state index in [9.17, 15) is 9.59 Å². The normalized spacial score (nSPS) is 9.96. The number of primary amides is 1. The van der Waals surface area contributed by atoms with E-state index in [4.69, 9.17) is 26.8 Å². The van der Waals surface area contributed by atoms with Crippen LogP contribution in [0.5, 0.6) is 5.75 Å². The van der Waals surface area contributed by atoms with E-state index >= 15 is 0 Å². The van der Waals surface area contributed by atoms with Crippen molar-refractivity contribution in [2.75, 3.05) is 18.5 Å². The van der Waals surface area contributed by atoms with Gasteiger partial charge in [-0.25, -0.2) is 9.59 Å². The Kier molecular flexibility index (Phi) is 5.82. The Morgan fingerprint density at radius 1 is 1.09 bits per heavy atom. The zero-order valence-corrected chi connectivity index (χ0v) is 12.9. The van der Waals surface area contributed by atoms with Crippen molar-refractivity contribution in [2.45, 2.75) is 0 Å². The molecule has 23 heavy (non-hydrogen) atoms. The molecule has 0 fully saturated rings. The maximum Gasteiger partial charge on any atom is 0.338 e. The molecule has 0 saturated carbocycles. The topological polar surface area (TPSA) is 90.7 Å². The first-order valence-corrected chi connectivity index (χ1v) is 7.14. The SMILES string of the molecule is NC(=O)Nc1cccc(C(=O)OCCOc2ccc(Cl)cc2)c1. The molecule has 0 saturated heterocycles. The monoisotopic (exact) mass is 334 g/mol. The highest BCUT2D eigenvalue weighted by Crippen LogP contribution is 2.15. The molecule has 0 aliphatic carbocycles. The van der Waals surface area contributed by atoms with Gasteiger partial charge in [-0.3, -0.25) is 0 Å². The van der Waals surface area contributed by atoms with Gasteiger partial charge in [0.15, 0.2) is 0 Å². The van der Waals surface area contributed by atoms with E-state index in [0.29, 0.717) is 22.0 Å². The number of anilines is 1. The number of hydrogen-bond donors (Lipinski definition) is 2. The first kappa shape index (κ1) is 16.6. The van der Waals surface area contributed by atoms with Crippen LogP contribution in [0.1, 0.15) is 10.4 Å². The van der Waals surface area contributed by atoms with Gasteiger partial charge < -0.3 is 20.5 Å². The van der Waals surface area contributed by atoms with Gasteiger partial charge in [0.1, 0.15) is 19.0 Å². The fraction of sp³-hybridized carbons (Fsp3) is 0.125. The lowest BCUT2D eigenvalue weighted by atomic mass is 10.2. The number of ether oxygens (including phenoxy) is 2. The Morgan fingerprint density at radius 3 is 2.52 bits per heavy atom. The second kappa shape index (κ2) is 8.05. The molecule has 7 heteroatoms. The molecule has 0 spiro atoms. The van der Waals surface area contributed by atoms with Crippen LogP contribution < -0.4 is 15.8 Å². The van der Waals surface area contributed by atoms with E-state index in [1.165, 1.54) is 6.07 Å². The van der Waals surface area contributed by atoms with Crippen LogP contribution in [0.15, 0.2) is 48.5 Å². The average Bonchev–Trinajstić information content (AvgIpc) is 2.52. The molecule has 0 aliphatic heterocycles. The highest BCUT2D eigenvalue weighted by atomic mass is 35.5. The van der Waals surface area contributed by atoms with Crippen molar-refractivity contribution >= 4 is 29.3 Å². The molecular weight excluding hydrogens is 320 g/mol. The van der Waals surface area contributed by atoms with E-state index < -0.39 is 12.0 Å². The smallest absolute Gasteiger partial charge is 0.338 e. The van der Waals surface area contributed by atoms with Crippen LogP contribution >= 0.6 is 11.6 Å². The highest BCUT2D eigenvalue weighted by molar-refractivity contribution is 6.30. The number of carbonyl (C=O) groups excluding carboxylic acids is 2. The van der Waals surface area contributed by atoms with Gasteiger partial charge in [0.25, 0.3) is 0 Å². The summed E-state index contributed by atoms with van der Waals surface area (Å²) in [6.07, 6.45) is 0. The number of benzene rings is 2. The molecule has 0 aromatic heterocycles. The number of urea groups is 1. The third-order valence-corrected chi connectivity index (χ3v) is 3.02. The summed E-state index contributed by atoms with van der Waals surface area (Å²) >= 11 is 5.77. The van der Waals surface area contributed by atoms with E-state index in [2.05, 4.69) is 5.32 Å². The zero-order chi connectivity index (χ0) is 16.7. The number of rotatable bonds is 6. The maximum absolute atomic E-state index is 11.9. The second-order valence-electron chi connectivity index (χ2n) is 4.51. The summed E-state index contributed by atoms with van der Waals surface area (Å²) in [5, 5.41) is 3.01. The molecule has 3 N–H and O–H groups in total. The van der Waals surface area contributed by atoms with Crippen LogP contribution in [0.3, 0.4) is 0 Å². The Bertz CT molecular complexity index is 689. The molecule has 0 heterocycles. The molecule has 0 unspecified atom stereocenters. The molecule has 2 amide bonds. The van der Waals surface area contributed by atoms with Gasteiger partial charge in [0.05, 0.1) is 5.56 Å². The van der Waals surface area contributed by atoms with Crippen LogP contribution in [-0.4, -0.2) is 25.2 Å². The molecule has 2 aromatic carbocycles.